The van der Waals surface area contributed by atoms with Crippen LogP contribution in [0, 0.1) is 0 Å². The highest BCUT2D eigenvalue weighted by molar-refractivity contribution is 5.86. The third kappa shape index (κ3) is 4.90. The second-order valence-electron chi connectivity index (χ2n) is 5.57. The molecule has 1 aliphatic carbocycles. The third-order valence-corrected chi connectivity index (χ3v) is 4.03. The van der Waals surface area contributed by atoms with Gasteiger partial charge in [0, 0.05) is 6.54 Å². The standard InChI is InChI=1S/C16H24N2O2.ClH/c1-20-14-8-6-13(7-9-14)5-4-12-18-15(19)16(17)10-2-3-11-16;/h6-9H,2-5,10-12,17H2,1H3,(H,18,19);1H. The average Bonchev–Trinajstić information content (AvgIpc) is 2.92. The first kappa shape index (κ1) is 17.8. The number of hydrogen-bond acceptors (Lipinski definition) is 3. The van der Waals surface area contributed by atoms with Crippen LogP contribution in [0.4, 0.5) is 0 Å². The molecule has 0 aliphatic heterocycles. The molecule has 3 N–H and O–H groups in total. The minimum atomic E-state index is -0.611. The Balaban J connectivity index is 0.00000220. The largest absolute Gasteiger partial charge is 0.497 e. The van der Waals surface area contributed by atoms with E-state index in [4.69, 9.17) is 10.5 Å². The zero-order chi connectivity index (χ0) is 14.4. The number of hydrogen-bond donors (Lipinski definition) is 2. The van der Waals surface area contributed by atoms with Gasteiger partial charge in [-0.2, -0.15) is 0 Å². The van der Waals surface area contributed by atoms with E-state index in [9.17, 15) is 4.79 Å². The Morgan fingerprint density at radius 1 is 1.29 bits per heavy atom. The molecule has 1 aliphatic rings. The molecule has 1 fully saturated rings. The fraction of sp³-hybridized carbons (Fsp3) is 0.562. The zero-order valence-electron chi connectivity index (χ0n) is 12.6. The number of aryl methyl sites for hydroxylation is 1. The van der Waals surface area contributed by atoms with E-state index in [0.717, 1.165) is 44.3 Å². The number of methoxy groups -OCH3 is 1. The molecule has 21 heavy (non-hydrogen) atoms. The highest BCUT2D eigenvalue weighted by Gasteiger charge is 2.36. The summed E-state index contributed by atoms with van der Waals surface area (Å²) >= 11 is 0. The Kier molecular flexibility index (Phi) is 6.99. The maximum atomic E-state index is 12.0. The van der Waals surface area contributed by atoms with Gasteiger partial charge in [-0.05, 0) is 43.4 Å². The summed E-state index contributed by atoms with van der Waals surface area (Å²) < 4.78 is 5.12. The Labute approximate surface area is 132 Å². The molecule has 1 aromatic carbocycles. The minimum Gasteiger partial charge on any atom is -0.497 e. The Hall–Kier alpha value is -1.26. The number of nitrogens with one attached hydrogen (secondary N) is 1. The predicted octanol–water partition coefficient (Wildman–Crippen LogP) is 2.44. The van der Waals surface area contributed by atoms with Gasteiger partial charge in [-0.3, -0.25) is 4.79 Å². The van der Waals surface area contributed by atoms with E-state index >= 15 is 0 Å². The molecular weight excluding hydrogens is 288 g/mol. The Morgan fingerprint density at radius 3 is 2.48 bits per heavy atom. The molecule has 1 amide bonds. The van der Waals surface area contributed by atoms with Crippen LogP contribution < -0.4 is 15.8 Å². The molecule has 4 nitrogen and oxygen atoms in total. The molecule has 0 aromatic heterocycles. The molecule has 1 saturated carbocycles. The molecule has 0 spiro atoms. The maximum absolute atomic E-state index is 12.0. The van der Waals surface area contributed by atoms with Crippen molar-refractivity contribution < 1.29 is 9.53 Å². The first-order valence-corrected chi connectivity index (χ1v) is 7.34. The van der Waals surface area contributed by atoms with Crippen LogP contribution in [0.15, 0.2) is 24.3 Å². The van der Waals surface area contributed by atoms with Gasteiger partial charge in [-0.25, -0.2) is 0 Å². The normalized spacial score (nSPS) is 16.1. The topological polar surface area (TPSA) is 64.3 Å². The van der Waals surface area contributed by atoms with Crippen molar-refractivity contribution >= 4 is 18.3 Å². The molecule has 0 unspecified atom stereocenters. The lowest BCUT2D eigenvalue weighted by molar-refractivity contribution is -0.126. The first-order valence-electron chi connectivity index (χ1n) is 7.34. The summed E-state index contributed by atoms with van der Waals surface area (Å²) in [6.45, 7) is 0.684. The van der Waals surface area contributed by atoms with Crippen molar-refractivity contribution in [3.8, 4) is 5.75 Å². The summed E-state index contributed by atoms with van der Waals surface area (Å²) in [4.78, 5) is 12.0. The molecule has 118 valence electrons. The van der Waals surface area contributed by atoms with Crippen LogP contribution in [0.25, 0.3) is 0 Å². The van der Waals surface area contributed by atoms with Crippen LogP contribution in [-0.4, -0.2) is 25.1 Å². The minimum absolute atomic E-state index is 0. The lowest BCUT2D eigenvalue weighted by atomic mass is 9.98. The van der Waals surface area contributed by atoms with Gasteiger partial charge in [0.05, 0.1) is 12.6 Å². The molecule has 5 heteroatoms. The van der Waals surface area contributed by atoms with E-state index in [1.807, 2.05) is 12.1 Å². The predicted molar refractivity (Wildman–Crippen MR) is 87.0 cm³/mol. The van der Waals surface area contributed by atoms with Gasteiger partial charge >= 0.3 is 0 Å². The van der Waals surface area contributed by atoms with Crippen molar-refractivity contribution in [1.82, 2.24) is 5.32 Å². The average molecular weight is 313 g/mol. The van der Waals surface area contributed by atoms with Crippen LogP contribution in [0.1, 0.15) is 37.7 Å². The van der Waals surface area contributed by atoms with Crippen LogP contribution in [-0.2, 0) is 11.2 Å². The molecule has 2 rings (SSSR count). The van der Waals surface area contributed by atoms with Crippen molar-refractivity contribution in [3.05, 3.63) is 29.8 Å². The number of carbonyl (C=O) groups excluding carboxylic acids is 1. The summed E-state index contributed by atoms with van der Waals surface area (Å²) in [5.41, 5.74) is 6.74. The number of rotatable bonds is 6. The van der Waals surface area contributed by atoms with Gasteiger partial charge in [0.2, 0.25) is 5.91 Å². The van der Waals surface area contributed by atoms with Crippen LogP contribution in [0.3, 0.4) is 0 Å². The van der Waals surface area contributed by atoms with E-state index in [-0.39, 0.29) is 18.3 Å². The summed E-state index contributed by atoms with van der Waals surface area (Å²) in [7, 11) is 1.66. The first-order chi connectivity index (χ1) is 9.64. The number of carbonyl (C=O) groups is 1. The molecular formula is C16H25ClN2O2. The molecule has 0 radical (unpaired) electrons. The smallest absolute Gasteiger partial charge is 0.240 e. The summed E-state index contributed by atoms with van der Waals surface area (Å²) in [5, 5.41) is 2.97. The van der Waals surface area contributed by atoms with E-state index in [1.54, 1.807) is 7.11 Å². The van der Waals surface area contributed by atoms with Crippen molar-refractivity contribution in [1.29, 1.82) is 0 Å². The van der Waals surface area contributed by atoms with E-state index in [0.29, 0.717) is 6.54 Å². The van der Waals surface area contributed by atoms with Gasteiger partial charge < -0.3 is 15.8 Å². The SMILES string of the molecule is COc1ccc(CCCNC(=O)C2(N)CCCC2)cc1.Cl. The molecule has 0 heterocycles. The van der Waals surface area contributed by atoms with Gasteiger partial charge in [0.15, 0.2) is 0 Å². The van der Waals surface area contributed by atoms with Crippen molar-refractivity contribution in [2.75, 3.05) is 13.7 Å². The fourth-order valence-electron chi connectivity index (χ4n) is 2.70. The second kappa shape index (κ2) is 8.25. The number of amides is 1. The van der Waals surface area contributed by atoms with Crippen LogP contribution >= 0.6 is 12.4 Å². The summed E-state index contributed by atoms with van der Waals surface area (Å²) in [6.07, 6.45) is 5.64. The van der Waals surface area contributed by atoms with Crippen molar-refractivity contribution in [2.24, 2.45) is 5.73 Å². The Morgan fingerprint density at radius 2 is 1.90 bits per heavy atom. The Bertz CT molecular complexity index is 442. The zero-order valence-corrected chi connectivity index (χ0v) is 13.4. The molecule has 0 saturated heterocycles. The fourth-order valence-corrected chi connectivity index (χ4v) is 2.70. The van der Waals surface area contributed by atoms with E-state index in [2.05, 4.69) is 17.4 Å². The molecule has 1 aromatic rings. The van der Waals surface area contributed by atoms with Crippen molar-refractivity contribution in [3.63, 3.8) is 0 Å². The molecule has 0 atom stereocenters. The number of nitrogens with two attached hydrogens (primary N) is 1. The number of benzene rings is 1. The lowest BCUT2D eigenvalue weighted by Gasteiger charge is -2.22. The van der Waals surface area contributed by atoms with Crippen molar-refractivity contribution in [2.45, 2.75) is 44.1 Å². The highest BCUT2D eigenvalue weighted by atomic mass is 35.5. The van der Waals surface area contributed by atoms with E-state index < -0.39 is 5.54 Å². The van der Waals surface area contributed by atoms with Gasteiger partial charge in [0.1, 0.15) is 5.75 Å². The summed E-state index contributed by atoms with van der Waals surface area (Å²) in [6, 6.07) is 8.03. The monoisotopic (exact) mass is 312 g/mol. The quantitative estimate of drug-likeness (QED) is 0.793. The van der Waals surface area contributed by atoms with Gasteiger partial charge in [-0.1, -0.05) is 25.0 Å². The maximum Gasteiger partial charge on any atom is 0.240 e. The number of halogens is 1. The third-order valence-electron chi connectivity index (χ3n) is 4.03. The lowest BCUT2D eigenvalue weighted by Crippen LogP contribution is -2.52. The second-order valence-corrected chi connectivity index (χ2v) is 5.57. The number of ether oxygens (including phenoxy) is 1. The highest BCUT2D eigenvalue weighted by Crippen LogP contribution is 2.27. The van der Waals surface area contributed by atoms with E-state index in [1.165, 1.54) is 5.56 Å². The molecule has 0 bridgehead atoms. The van der Waals surface area contributed by atoms with Crippen LogP contribution in [0.5, 0.6) is 5.75 Å². The van der Waals surface area contributed by atoms with Gasteiger partial charge in [-0.15, -0.1) is 12.4 Å². The van der Waals surface area contributed by atoms with Crippen LogP contribution in [0.2, 0.25) is 0 Å². The summed E-state index contributed by atoms with van der Waals surface area (Å²) in [5.74, 6) is 0.887. The van der Waals surface area contributed by atoms with Gasteiger partial charge in [0.25, 0.3) is 0 Å².